The number of carbonyl (C=O) groups is 1. The Morgan fingerprint density at radius 1 is 0.771 bits per heavy atom. The van der Waals surface area contributed by atoms with E-state index in [0.29, 0.717) is 43.3 Å². The molecular formula is C27H24FN5O2. The Balaban J connectivity index is 1.12. The van der Waals surface area contributed by atoms with Gasteiger partial charge in [-0.1, -0.05) is 18.2 Å². The van der Waals surface area contributed by atoms with Crippen LogP contribution < -0.4 is 15.0 Å². The van der Waals surface area contributed by atoms with Gasteiger partial charge in [0, 0.05) is 37.4 Å². The van der Waals surface area contributed by atoms with E-state index in [9.17, 15) is 9.18 Å². The van der Waals surface area contributed by atoms with Crippen molar-refractivity contribution in [1.29, 1.82) is 0 Å². The molecule has 8 heteroatoms. The molecule has 0 bridgehead atoms. The number of ether oxygens (including phenoxy) is 1. The molecule has 0 aliphatic carbocycles. The first-order valence-corrected chi connectivity index (χ1v) is 11.4. The molecule has 1 aliphatic heterocycles. The van der Waals surface area contributed by atoms with Crippen LogP contribution in [0.25, 0.3) is 11.3 Å². The number of halogens is 1. The van der Waals surface area contributed by atoms with Crippen molar-refractivity contribution >= 4 is 17.5 Å². The van der Waals surface area contributed by atoms with Crippen LogP contribution in [0.15, 0.2) is 91.0 Å². The molecular weight excluding hydrogens is 445 g/mol. The summed E-state index contributed by atoms with van der Waals surface area (Å²) in [6, 6.07) is 26.7. The third kappa shape index (κ3) is 5.55. The standard InChI is InChI=1S/C27H24FN5O2/c28-21-8-6-20(7-9-21)25-14-15-26(31-30-25)32-16-18-33(19-17-32)27(34)29-22-10-12-24(13-11-22)35-23-4-2-1-3-5-23/h1-15H,16-19H2,(H,29,34). The van der Waals surface area contributed by atoms with Gasteiger partial charge in [0.05, 0.1) is 5.69 Å². The zero-order valence-electron chi connectivity index (χ0n) is 19.0. The summed E-state index contributed by atoms with van der Waals surface area (Å²) in [5.41, 5.74) is 2.21. The first kappa shape index (κ1) is 22.3. The van der Waals surface area contributed by atoms with Gasteiger partial charge in [-0.2, -0.15) is 0 Å². The molecule has 5 rings (SSSR count). The van der Waals surface area contributed by atoms with Gasteiger partial charge in [-0.3, -0.25) is 0 Å². The van der Waals surface area contributed by atoms with Crippen LogP contribution in [0.2, 0.25) is 0 Å². The number of hydrogen-bond acceptors (Lipinski definition) is 5. The molecule has 2 amide bonds. The van der Waals surface area contributed by atoms with Crippen molar-refractivity contribution in [3.63, 3.8) is 0 Å². The molecule has 1 aliphatic rings. The van der Waals surface area contributed by atoms with Gasteiger partial charge in [0.15, 0.2) is 5.82 Å². The third-order valence-corrected chi connectivity index (χ3v) is 5.77. The van der Waals surface area contributed by atoms with E-state index >= 15 is 0 Å². The lowest BCUT2D eigenvalue weighted by atomic mass is 10.1. The minimum absolute atomic E-state index is 0.140. The minimum atomic E-state index is -0.283. The molecule has 0 spiro atoms. The second-order valence-corrected chi connectivity index (χ2v) is 8.13. The molecule has 1 fully saturated rings. The Labute approximate surface area is 202 Å². The summed E-state index contributed by atoms with van der Waals surface area (Å²) in [7, 11) is 0. The quantitative estimate of drug-likeness (QED) is 0.422. The number of para-hydroxylation sites is 1. The molecule has 0 atom stereocenters. The molecule has 0 radical (unpaired) electrons. The van der Waals surface area contributed by atoms with E-state index in [1.54, 1.807) is 17.0 Å². The molecule has 2 heterocycles. The summed E-state index contributed by atoms with van der Waals surface area (Å²) in [5.74, 6) is 1.94. The Kier molecular flexibility index (Phi) is 6.52. The predicted octanol–water partition coefficient (Wildman–Crippen LogP) is 5.43. The van der Waals surface area contributed by atoms with Crippen LogP contribution in [0, 0.1) is 5.82 Å². The third-order valence-electron chi connectivity index (χ3n) is 5.77. The Hall–Kier alpha value is -4.46. The number of benzene rings is 3. The molecule has 1 saturated heterocycles. The number of nitrogens with zero attached hydrogens (tertiary/aromatic N) is 4. The number of nitrogens with one attached hydrogen (secondary N) is 1. The summed E-state index contributed by atoms with van der Waals surface area (Å²) < 4.78 is 18.9. The highest BCUT2D eigenvalue weighted by molar-refractivity contribution is 5.89. The summed E-state index contributed by atoms with van der Waals surface area (Å²) >= 11 is 0. The zero-order chi connectivity index (χ0) is 24.0. The van der Waals surface area contributed by atoms with Crippen LogP contribution in [0.4, 0.5) is 20.7 Å². The van der Waals surface area contributed by atoms with Gasteiger partial charge in [0.25, 0.3) is 0 Å². The van der Waals surface area contributed by atoms with Crippen molar-refractivity contribution in [1.82, 2.24) is 15.1 Å². The van der Waals surface area contributed by atoms with Crippen molar-refractivity contribution in [2.45, 2.75) is 0 Å². The number of urea groups is 1. The molecule has 1 N–H and O–H groups in total. The van der Waals surface area contributed by atoms with Crippen LogP contribution in [0.5, 0.6) is 11.5 Å². The fraction of sp³-hybridized carbons (Fsp3) is 0.148. The topological polar surface area (TPSA) is 70.6 Å². The molecule has 1 aromatic heterocycles. The number of rotatable bonds is 5. The molecule has 35 heavy (non-hydrogen) atoms. The van der Waals surface area contributed by atoms with E-state index in [-0.39, 0.29) is 11.8 Å². The number of hydrogen-bond donors (Lipinski definition) is 1. The summed E-state index contributed by atoms with van der Waals surface area (Å²) in [6.07, 6.45) is 0. The van der Waals surface area contributed by atoms with Crippen molar-refractivity contribution < 1.29 is 13.9 Å². The lowest BCUT2D eigenvalue weighted by molar-refractivity contribution is 0.208. The summed E-state index contributed by atoms with van der Waals surface area (Å²) in [6.45, 7) is 2.45. The minimum Gasteiger partial charge on any atom is -0.457 e. The highest BCUT2D eigenvalue weighted by Gasteiger charge is 2.22. The van der Waals surface area contributed by atoms with Gasteiger partial charge in [0.1, 0.15) is 17.3 Å². The zero-order valence-corrected chi connectivity index (χ0v) is 19.0. The number of piperazine rings is 1. The fourth-order valence-corrected chi connectivity index (χ4v) is 3.84. The first-order chi connectivity index (χ1) is 17.1. The largest absolute Gasteiger partial charge is 0.457 e. The maximum atomic E-state index is 13.1. The molecule has 7 nitrogen and oxygen atoms in total. The van der Waals surface area contributed by atoms with Gasteiger partial charge < -0.3 is 19.9 Å². The summed E-state index contributed by atoms with van der Waals surface area (Å²) in [5, 5.41) is 11.6. The molecule has 0 saturated carbocycles. The molecule has 3 aromatic carbocycles. The van der Waals surface area contributed by atoms with Gasteiger partial charge in [-0.25, -0.2) is 9.18 Å². The van der Waals surface area contributed by atoms with E-state index in [2.05, 4.69) is 20.4 Å². The molecule has 4 aromatic rings. The van der Waals surface area contributed by atoms with E-state index in [0.717, 1.165) is 17.1 Å². The van der Waals surface area contributed by atoms with Gasteiger partial charge >= 0.3 is 6.03 Å². The second kappa shape index (κ2) is 10.2. The van der Waals surface area contributed by atoms with E-state index in [4.69, 9.17) is 4.74 Å². The van der Waals surface area contributed by atoms with E-state index in [1.807, 2.05) is 66.7 Å². The highest BCUT2D eigenvalue weighted by Crippen LogP contribution is 2.23. The van der Waals surface area contributed by atoms with Gasteiger partial charge in [-0.05, 0) is 72.8 Å². The van der Waals surface area contributed by atoms with Crippen LogP contribution in [0.3, 0.4) is 0 Å². The van der Waals surface area contributed by atoms with Crippen LogP contribution >= 0.6 is 0 Å². The van der Waals surface area contributed by atoms with Crippen LogP contribution in [-0.2, 0) is 0 Å². The Morgan fingerprint density at radius 2 is 1.46 bits per heavy atom. The van der Waals surface area contributed by atoms with Crippen LogP contribution in [-0.4, -0.2) is 47.3 Å². The number of amides is 2. The lowest BCUT2D eigenvalue weighted by Crippen LogP contribution is -2.50. The molecule has 0 unspecified atom stereocenters. The predicted molar refractivity (Wildman–Crippen MR) is 133 cm³/mol. The normalized spacial score (nSPS) is 13.4. The van der Waals surface area contributed by atoms with Crippen LogP contribution in [0.1, 0.15) is 0 Å². The first-order valence-electron chi connectivity index (χ1n) is 11.4. The van der Waals surface area contributed by atoms with Gasteiger partial charge in [0.2, 0.25) is 0 Å². The Bertz CT molecular complexity index is 1260. The maximum absolute atomic E-state index is 13.1. The van der Waals surface area contributed by atoms with E-state index < -0.39 is 0 Å². The fourth-order valence-electron chi connectivity index (χ4n) is 3.84. The number of anilines is 2. The number of aromatic nitrogens is 2. The van der Waals surface area contributed by atoms with Crippen molar-refractivity contribution in [3.8, 4) is 22.8 Å². The molecule has 176 valence electrons. The lowest BCUT2D eigenvalue weighted by Gasteiger charge is -2.35. The van der Waals surface area contributed by atoms with Crippen molar-refractivity contribution in [3.05, 3.63) is 96.8 Å². The maximum Gasteiger partial charge on any atom is 0.321 e. The highest BCUT2D eigenvalue weighted by atomic mass is 19.1. The van der Waals surface area contributed by atoms with Gasteiger partial charge in [-0.15, -0.1) is 10.2 Å². The second-order valence-electron chi connectivity index (χ2n) is 8.13. The number of carbonyl (C=O) groups excluding carboxylic acids is 1. The average Bonchev–Trinajstić information content (AvgIpc) is 2.91. The average molecular weight is 470 g/mol. The van der Waals surface area contributed by atoms with Crippen molar-refractivity contribution in [2.75, 3.05) is 36.4 Å². The Morgan fingerprint density at radius 3 is 2.11 bits per heavy atom. The monoisotopic (exact) mass is 469 g/mol. The van der Waals surface area contributed by atoms with E-state index in [1.165, 1.54) is 12.1 Å². The smallest absolute Gasteiger partial charge is 0.321 e. The summed E-state index contributed by atoms with van der Waals surface area (Å²) in [4.78, 5) is 16.6. The van der Waals surface area contributed by atoms with Crippen molar-refractivity contribution in [2.24, 2.45) is 0 Å². The SMILES string of the molecule is O=C(Nc1ccc(Oc2ccccc2)cc1)N1CCN(c2ccc(-c3ccc(F)cc3)nn2)CC1.